The van der Waals surface area contributed by atoms with Crippen LogP contribution in [0.15, 0.2) is 36.4 Å². The maximum atomic E-state index is 10.8. The maximum absolute atomic E-state index is 10.8. The zero-order chi connectivity index (χ0) is 14.7. The van der Waals surface area contributed by atoms with Gasteiger partial charge < -0.3 is 4.74 Å². The topological polar surface area (TPSA) is 52.4 Å². The molecule has 0 saturated heterocycles. The molecule has 5 heteroatoms. The van der Waals surface area contributed by atoms with Crippen LogP contribution < -0.4 is 4.74 Å². The molecule has 0 heterocycles. The summed E-state index contributed by atoms with van der Waals surface area (Å²) in [4.78, 5) is 10.4. The van der Waals surface area contributed by atoms with Crippen LogP contribution in [0.5, 0.6) is 11.5 Å². The van der Waals surface area contributed by atoms with Crippen molar-refractivity contribution in [2.45, 2.75) is 19.2 Å². The fourth-order valence-corrected chi connectivity index (χ4v) is 2.28. The highest BCUT2D eigenvalue weighted by molar-refractivity contribution is 9.08. The normalized spacial score (nSPS) is 10.3. The summed E-state index contributed by atoms with van der Waals surface area (Å²) in [5, 5.41) is 11.5. The lowest BCUT2D eigenvalue weighted by Crippen LogP contribution is -1.94. The predicted octanol–water partition coefficient (Wildman–Crippen LogP) is 4.90. The Morgan fingerprint density at radius 3 is 2.55 bits per heavy atom. The molecule has 20 heavy (non-hydrogen) atoms. The Balaban J connectivity index is 2.39. The number of rotatable bonds is 4. The van der Waals surface area contributed by atoms with Crippen LogP contribution in [0.2, 0.25) is 0 Å². The van der Waals surface area contributed by atoms with Gasteiger partial charge in [-0.2, -0.15) is 0 Å². The van der Waals surface area contributed by atoms with Gasteiger partial charge in [0.15, 0.2) is 0 Å². The smallest absolute Gasteiger partial charge is 0.273 e. The first-order valence-electron chi connectivity index (χ1n) is 6.09. The van der Waals surface area contributed by atoms with Crippen molar-refractivity contribution in [2.75, 3.05) is 0 Å². The third-order valence-electron chi connectivity index (χ3n) is 2.96. The number of hydrogen-bond donors (Lipinski definition) is 0. The van der Waals surface area contributed by atoms with Gasteiger partial charge in [0.25, 0.3) is 5.69 Å². The van der Waals surface area contributed by atoms with E-state index in [0.29, 0.717) is 16.8 Å². The van der Waals surface area contributed by atoms with Gasteiger partial charge in [-0.1, -0.05) is 33.6 Å². The summed E-state index contributed by atoms with van der Waals surface area (Å²) in [5.41, 5.74) is 3.04. The first kappa shape index (κ1) is 14.5. The van der Waals surface area contributed by atoms with Crippen molar-refractivity contribution in [1.29, 1.82) is 0 Å². The van der Waals surface area contributed by atoms with Crippen molar-refractivity contribution in [3.05, 3.63) is 63.2 Å². The number of nitrogens with zero attached hydrogens (tertiary/aromatic N) is 1. The molecular formula is C15H14BrNO3. The molecule has 2 rings (SSSR count). The zero-order valence-corrected chi connectivity index (χ0v) is 12.8. The van der Waals surface area contributed by atoms with Gasteiger partial charge in [0.2, 0.25) is 0 Å². The first-order chi connectivity index (χ1) is 9.51. The summed E-state index contributed by atoms with van der Waals surface area (Å²) in [6.45, 7) is 3.87. The number of ether oxygens (including phenoxy) is 1. The SMILES string of the molecule is Cc1ccc(Oc2cc([N+](=O)[O-])ccc2C)c(CBr)c1. The second-order valence-electron chi connectivity index (χ2n) is 4.55. The Morgan fingerprint density at radius 1 is 1.15 bits per heavy atom. The van der Waals surface area contributed by atoms with Gasteiger partial charge in [-0.15, -0.1) is 0 Å². The molecule has 0 bridgehead atoms. The largest absolute Gasteiger partial charge is 0.457 e. The van der Waals surface area contributed by atoms with Crippen molar-refractivity contribution >= 4 is 21.6 Å². The van der Waals surface area contributed by atoms with E-state index in [0.717, 1.165) is 16.7 Å². The summed E-state index contributed by atoms with van der Waals surface area (Å²) in [5.74, 6) is 1.21. The van der Waals surface area contributed by atoms with Crippen molar-refractivity contribution < 1.29 is 9.66 Å². The van der Waals surface area contributed by atoms with Crippen LogP contribution in [0, 0.1) is 24.0 Å². The van der Waals surface area contributed by atoms with Gasteiger partial charge in [0.1, 0.15) is 11.5 Å². The summed E-state index contributed by atoms with van der Waals surface area (Å²) in [7, 11) is 0. The number of nitro benzene ring substituents is 1. The van der Waals surface area contributed by atoms with Crippen LogP contribution in [0.3, 0.4) is 0 Å². The van der Waals surface area contributed by atoms with Gasteiger partial charge in [-0.25, -0.2) is 0 Å². The third kappa shape index (κ3) is 3.17. The molecule has 0 N–H and O–H groups in total. The molecule has 0 aliphatic carbocycles. The van der Waals surface area contributed by atoms with Gasteiger partial charge in [0, 0.05) is 17.0 Å². The number of halogens is 1. The zero-order valence-electron chi connectivity index (χ0n) is 11.2. The lowest BCUT2D eigenvalue weighted by Gasteiger charge is -2.12. The minimum Gasteiger partial charge on any atom is -0.457 e. The highest BCUT2D eigenvalue weighted by atomic mass is 79.9. The van der Waals surface area contributed by atoms with Crippen molar-refractivity contribution in [3.8, 4) is 11.5 Å². The Bertz CT molecular complexity index is 656. The Labute approximate surface area is 125 Å². The molecule has 2 aromatic rings. The highest BCUT2D eigenvalue weighted by Crippen LogP contribution is 2.32. The van der Waals surface area contributed by atoms with E-state index in [1.807, 2.05) is 32.0 Å². The van der Waals surface area contributed by atoms with Crippen molar-refractivity contribution in [2.24, 2.45) is 0 Å². The average molecular weight is 336 g/mol. The second-order valence-corrected chi connectivity index (χ2v) is 5.11. The van der Waals surface area contributed by atoms with E-state index in [-0.39, 0.29) is 5.69 Å². The molecule has 0 aliphatic heterocycles. The lowest BCUT2D eigenvalue weighted by molar-refractivity contribution is -0.384. The van der Waals surface area contributed by atoms with Crippen LogP contribution in [-0.4, -0.2) is 4.92 Å². The third-order valence-corrected chi connectivity index (χ3v) is 3.57. The van der Waals surface area contributed by atoms with Gasteiger partial charge in [0.05, 0.1) is 11.0 Å². The predicted molar refractivity (Wildman–Crippen MR) is 81.7 cm³/mol. The molecule has 104 valence electrons. The van der Waals surface area contributed by atoms with Gasteiger partial charge >= 0.3 is 0 Å². The van der Waals surface area contributed by atoms with Gasteiger partial charge in [-0.3, -0.25) is 10.1 Å². The number of non-ortho nitro benzene ring substituents is 1. The fourth-order valence-electron chi connectivity index (χ4n) is 1.84. The van der Waals surface area contributed by atoms with E-state index in [2.05, 4.69) is 15.9 Å². The molecule has 0 amide bonds. The molecule has 0 spiro atoms. The molecular weight excluding hydrogens is 322 g/mol. The first-order valence-corrected chi connectivity index (χ1v) is 7.22. The van der Waals surface area contributed by atoms with E-state index in [1.165, 1.54) is 12.1 Å². The molecule has 0 saturated carbocycles. The second kappa shape index (κ2) is 6.05. The van der Waals surface area contributed by atoms with Crippen LogP contribution in [0.25, 0.3) is 0 Å². The molecule has 0 aliphatic rings. The molecule has 0 unspecified atom stereocenters. The van der Waals surface area contributed by atoms with E-state index in [4.69, 9.17) is 4.74 Å². The summed E-state index contributed by atoms with van der Waals surface area (Å²) in [6.07, 6.45) is 0. The van der Waals surface area contributed by atoms with Crippen LogP contribution >= 0.6 is 15.9 Å². The Hall–Kier alpha value is -1.88. The van der Waals surface area contributed by atoms with Crippen LogP contribution in [0.1, 0.15) is 16.7 Å². The average Bonchev–Trinajstić information content (AvgIpc) is 2.42. The fraction of sp³-hybridized carbons (Fsp3) is 0.200. The van der Waals surface area contributed by atoms with E-state index >= 15 is 0 Å². The van der Waals surface area contributed by atoms with Crippen LogP contribution in [0.4, 0.5) is 5.69 Å². The Kier molecular flexibility index (Phi) is 4.39. The van der Waals surface area contributed by atoms with E-state index < -0.39 is 4.92 Å². The molecule has 0 fully saturated rings. The lowest BCUT2D eigenvalue weighted by atomic mass is 10.1. The minimum absolute atomic E-state index is 0.0260. The molecule has 0 aromatic heterocycles. The number of benzene rings is 2. The number of hydrogen-bond acceptors (Lipinski definition) is 3. The monoisotopic (exact) mass is 335 g/mol. The minimum atomic E-state index is -0.424. The number of alkyl halides is 1. The van der Waals surface area contributed by atoms with E-state index in [9.17, 15) is 10.1 Å². The van der Waals surface area contributed by atoms with Crippen molar-refractivity contribution in [3.63, 3.8) is 0 Å². The number of aryl methyl sites for hydroxylation is 2. The summed E-state index contributed by atoms with van der Waals surface area (Å²) >= 11 is 3.42. The quantitative estimate of drug-likeness (QED) is 0.453. The standard InChI is InChI=1S/C15H14BrNO3/c1-10-3-6-14(12(7-10)9-16)20-15-8-13(17(18)19)5-4-11(15)2/h3-8H,9H2,1-2H3. The summed E-state index contributed by atoms with van der Waals surface area (Å²) in [6, 6.07) is 10.5. The van der Waals surface area contributed by atoms with Crippen LogP contribution in [-0.2, 0) is 5.33 Å². The molecule has 0 atom stereocenters. The van der Waals surface area contributed by atoms with E-state index in [1.54, 1.807) is 6.07 Å². The molecule has 4 nitrogen and oxygen atoms in total. The molecule has 0 radical (unpaired) electrons. The highest BCUT2D eigenvalue weighted by Gasteiger charge is 2.12. The maximum Gasteiger partial charge on any atom is 0.273 e. The molecule has 2 aromatic carbocycles. The summed E-state index contributed by atoms with van der Waals surface area (Å²) < 4.78 is 5.84. The van der Waals surface area contributed by atoms with Crippen molar-refractivity contribution in [1.82, 2.24) is 0 Å². The Morgan fingerprint density at radius 2 is 1.90 bits per heavy atom. The number of nitro groups is 1. The van der Waals surface area contributed by atoms with Gasteiger partial charge in [-0.05, 0) is 31.5 Å².